The van der Waals surface area contributed by atoms with Crippen molar-refractivity contribution in [3.05, 3.63) is 57.3 Å². The van der Waals surface area contributed by atoms with E-state index in [9.17, 15) is 9.59 Å². The number of hydrogen-bond donors (Lipinski definition) is 3. The minimum Gasteiger partial charge on any atom is -0.384 e. The minimum atomic E-state index is -0.523. The third kappa shape index (κ3) is 5.77. The van der Waals surface area contributed by atoms with Gasteiger partial charge in [-0.05, 0) is 50.0 Å². The number of benzene rings is 1. The van der Waals surface area contributed by atoms with Crippen molar-refractivity contribution < 1.29 is 4.79 Å². The van der Waals surface area contributed by atoms with Crippen LogP contribution >= 0.6 is 23.4 Å². The van der Waals surface area contributed by atoms with Crippen molar-refractivity contribution in [3.8, 4) is 0 Å². The molecule has 0 atom stereocenters. The number of aromatic amines is 1. The van der Waals surface area contributed by atoms with E-state index in [1.165, 1.54) is 11.0 Å². The molecule has 28 heavy (non-hydrogen) atoms. The van der Waals surface area contributed by atoms with Crippen molar-refractivity contribution in [3.63, 3.8) is 0 Å². The molecule has 150 valence electrons. The van der Waals surface area contributed by atoms with Crippen molar-refractivity contribution in [1.29, 1.82) is 0 Å². The molecular weight excluding hydrogens is 396 g/mol. The molecule has 1 aromatic heterocycles. The molecule has 2 aromatic rings. The second-order valence-corrected chi connectivity index (χ2v) is 8.51. The van der Waals surface area contributed by atoms with Crippen LogP contribution in [0, 0.1) is 5.92 Å². The summed E-state index contributed by atoms with van der Waals surface area (Å²) in [7, 11) is 0. The molecule has 6 nitrogen and oxygen atoms in total. The van der Waals surface area contributed by atoms with Gasteiger partial charge in [0.15, 0.2) is 0 Å². The van der Waals surface area contributed by atoms with Crippen LogP contribution in [0.5, 0.6) is 0 Å². The number of pyridine rings is 1. The molecule has 0 spiro atoms. The van der Waals surface area contributed by atoms with E-state index in [1.54, 1.807) is 0 Å². The molecule has 0 radical (unpaired) electrons. The van der Waals surface area contributed by atoms with Crippen LogP contribution in [0.4, 0.5) is 5.82 Å². The Balaban J connectivity index is 1.38. The molecule has 1 fully saturated rings. The zero-order chi connectivity index (χ0) is 19.9. The molecule has 4 N–H and O–H groups in total. The van der Waals surface area contributed by atoms with E-state index in [1.807, 2.05) is 17.8 Å². The maximum Gasteiger partial charge on any atom is 0.262 e. The van der Waals surface area contributed by atoms with Crippen LogP contribution in [0.3, 0.4) is 0 Å². The fourth-order valence-corrected chi connectivity index (χ4v) is 4.33. The van der Waals surface area contributed by atoms with Gasteiger partial charge in [-0.25, -0.2) is 0 Å². The Morgan fingerprint density at radius 3 is 2.71 bits per heavy atom. The van der Waals surface area contributed by atoms with Crippen LogP contribution < -0.4 is 16.6 Å². The second-order valence-electron chi connectivity index (χ2n) is 6.93. The standard InChI is InChI=1S/C20H25ClN4O2S/c21-17-12-16(20(27)24-18(17)22)19(26)23-13-14-6-8-25(9-7-14)10-11-28-15-4-2-1-3-5-15/h1-5,12,14H,6-11,13H2,(H,23,26)(H3,22,24,27). The van der Waals surface area contributed by atoms with E-state index in [0.29, 0.717) is 12.5 Å². The van der Waals surface area contributed by atoms with Crippen molar-refractivity contribution in [2.75, 3.05) is 37.7 Å². The SMILES string of the molecule is Nc1[nH]c(=O)c(C(=O)NCC2CCN(CCSc3ccccc3)CC2)cc1Cl. The normalized spacial score (nSPS) is 15.5. The maximum absolute atomic E-state index is 12.3. The monoisotopic (exact) mass is 420 g/mol. The Hall–Kier alpha value is -1.96. The fourth-order valence-electron chi connectivity index (χ4n) is 3.24. The smallest absolute Gasteiger partial charge is 0.262 e. The number of piperidine rings is 1. The molecule has 1 aliphatic rings. The van der Waals surface area contributed by atoms with Crippen LogP contribution in [0.15, 0.2) is 46.1 Å². The molecule has 0 unspecified atom stereocenters. The number of carbonyl (C=O) groups is 1. The topological polar surface area (TPSA) is 91.2 Å². The highest BCUT2D eigenvalue weighted by Gasteiger charge is 2.20. The first-order chi connectivity index (χ1) is 13.5. The molecular formula is C20H25ClN4O2S. The fraction of sp³-hybridized carbons (Fsp3) is 0.400. The van der Waals surface area contributed by atoms with Gasteiger partial charge in [0, 0.05) is 23.7 Å². The van der Waals surface area contributed by atoms with Gasteiger partial charge in [-0.2, -0.15) is 0 Å². The Bertz CT molecular complexity index is 851. The third-order valence-electron chi connectivity index (χ3n) is 4.94. The Morgan fingerprint density at radius 1 is 1.29 bits per heavy atom. The number of halogens is 1. The molecule has 1 aromatic carbocycles. The average molecular weight is 421 g/mol. The molecule has 1 saturated heterocycles. The number of nitrogens with two attached hydrogens (primary N) is 1. The maximum atomic E-state index is 12.3. The van der Waals surface area contributed by atoms with E-state index in [0.717, 1.165) is 38.2 Å². The average Bonchev–Trinajstić information content (AvgIpc) is 2.70. The van der Waals surface area contributed by atoms with E-state index in [4.69, 9.17) is 17.3 Å². The molecule has 8 heteroatoms. The van der Waals surface area contributed by atoms with Crippen LogP contribution in [0.1, 0.15) is 23.2 Å². The van der Waals surface area contributed by atoms with Crippen molar-refractivity contribution in [2.24, 2.45) is 5.92 Å². The van der Waals surface area contributed by atoms with E-state index in [-0.39, 0.29) is 16.4 Å². The lowest BCUT2D eigenvalue weighted by atomic mass is 9.97. The van der Waals surface area contributed by atoms with Gasteiger partial charge in [0.05, 0.1) is 5.02 Å². The first-order valence-electron chi connectivity index (χ1n) is 9.39. The van der Waals surface area contributed by atoms with Gasteiger partial charge in [0.1, 0.15) is 11.4 Å². The van der Waals surface area contributed by atoms with Gasteiger partial charge >= 0.3 is 0 Å². The number of nitrogen functional groups attached to an aromatic ring is 1. The largest absolute Gasteiger partial charge is 0.384 e. The van der Waals surface area contributed by atoms with Crippen LogP contribution in [-0.4, -0.2) is 47.7 Å². The molecule has 0 aliphatic carbocycles. The number of anilines is 1. The second kappa shape index (κ2) is 10.0. The van der Waals surface area contributed by atoms with Crippen LogP contribution in [0.2, 0.25) is 5.02 Å². The number of thioether (sulfide) groups is 1. The summed E-state index contributed by atoms with van der Waals surface area (Å²) >= 11 is 7.77. The first kappa shape index (κ1) is 20.8. The van der Waals surface area contributed by atoms with Gasteiger partial charge < -0.3 is 20.9 Å². The minimum absolute atomic E-state index is 0.00503. The first-order valence-corrected chi connectivity index (χ1v) is 10.8. The number of nitrogens with zero attached hydrogens (tertiary/aromatic N) is 1. The van der Waals surface area contributed by atoms with Gasteiger partial charge in [-0.15, -0.1) is 11.8 Å². The number of amides is 1. The summed E-state index contributed by atoms with van der Waals surface area (Å²) in [5.74, 6) is 1.16. The molecule has 0 bridgehead atoms. The summed E-state index contributed by atoms with van der Waals surface area (Å²) in [6.07, 6.45) is 2.07. The summed E-state index contributed by atoms with van der Waals surface area (Å²) < 4.78 is 0. The Labute approximate surface area is 173 Å². The van der Waals surface area contributed by atoms with Crippen LogP contribution in [0.25, 0.3) is 0 Å². The highest BCUT2D eigenvalue weighted by atomic mass is 35.5. The predicted octanol–water partition coefficient (Wildman–Crippen LogP) is 2.84. The summed E-state index contributed by atoms with van der Waals surface area (Å²) in [6, 6.07) is 11.8. The Morgan fingerprint density at radius 2 is 2.00 bits per heavy atom. The van der Waals surface area contributed by atoms with Gasteiger partial charge in [0.25, 0.3) is 11.5 Å². The van der Waals surface area contributed by atoms with E-state index in [2.05, 4.69) is 39.5 Å². The highest BCUT2D eigenvalue weighted by Crippen LogP contribution is 2.20. The zero-order valence-corrected chi connectivity index (χ0v) is 17.2. The summed E-state index contributed by atoms with van der Waals surface area (Å²) in [6.45, 7) is 3.69. The summed E-state index contributed by atoms with van der Waals surface area (Å²) in [5, 5.41) is 3.03. The molecule has 0 saturated carbocycles. The van der Waals surface area contributed by atoms with Gasteiger partial charge in [0.2, 0.25) is 0 Å². The summed E-state index contributed by atoms with van der Waals surface area (Å²) in [5.41, 5.74) is 5.01. The lowest BCUT2D eigenvalue weighted by Gasteiger charge is -2.31. The number of H-pyrrole nitrogens is 1. The number of aromatic nitrogens is 1. The number of carbonyl (C=O) groups excluding carboxylic acids is 1. The van der Waals surface area contributed by atoms with Crippen molar-refractivity contribution >= 4 is 35.1 Å². The zero-order valence-electron chi connectivity index (χ0n) is 15.6. The van der Waals surface area contributed by atoms with Gasteiger partial charge in [-0.3, -0.25) is 9.59 Å². The Kier molecular flexibility index (Phi) is 7.42. The lowest BCUT2D eigenvalue weighted by molar-refractivity contribution is 0.0935. The summed E-state index contributed by atoms with van der Waals surface area (Å²) in [4.78, 5) is 30.3. The predicted molar refractivity (Wildman–Crippen MR) is 115 cm³/mol. The highest BCUT2D eigenvalue weighted by molar-refractivity contribution is 7.99. The van der Waals surface area contributed by atoms with E-state index >= 15 is 0 Å². The molecule has 1 aliphatic heterocycles. The number of likely N-dealkylation sites (tertiary alicyclic amines) is 1. The van der Waals surface area contributed by atoms with E-state index < -0.39 is 11.5 Å². The van der Waals surface area contributed by atoms with Crippen molar-refractivity contribution in [2.45, 2.75) is 17.7 Å². The van der Waals surface area contributed by atoms with Crippen molar-refractivity contribution in [1.82, 2.24) is 15.2 Å². The third-order valence-corrected chi connectivity index (χ3v) is 6.25. The number of hydrogen-bond acceptors (Lipinski definition) is 5. The molecule has 1 amide bonds. The molecule has 3 rings (SSSR count). The lowest BCUT2D eigenvalue weighted by Crippen LogP contribution is -2.40. The molecule has 2 heterocycles. The number of nitrogens with one attached hydrogen (secondary N) is 2. The van der Waals surface area contributed by atoms with Gasteiger partial charge in [-0.1, -0.05) is 29.8 Å². The quantitative estimate of drug-likeness (QED) is 0.599. The number of rotatable bonds is 7. The van der Waals surface area contributed by atoms with Crippen LogP contribution in [-0.2, 0) is 0 Å².